The van der Waals surface area contributed by atoms with E-state index in [1.165, 1.54) is 0 Å². The molecule has 0 aliphatic heterocycles. The summed E-state index contributed by atoms with van der Waals surface area (Å²) in [6.07, 6.45) is 11.2. The molecule has 0 amide bonds. The van der Waals surface area contributed by atoms with Crippen LogP contribution in [0, 0.1) is 0 Å². The molecule has 2 heteroatoms. The maximum absolute atomic E-state index is 9.64. The Kier molecular flexibility index (Phi) is 2.65. The van der Waals surface area contributed by atoms with Crippen LogP contribution in [0.15, 0.2) is 59.2 Å². The van der Waals surface area contributed by atoms with E-state index in [9.17, 15) is 5.11 Å². The van der Waals surface area contributed by atoms with Crippen molar-refractivity contribution in [2.24, 2.45) is 0 Å². The zero-order chi connectivity index (χ0) is 9.80. The largest absolute Gasteiger partial charge is 0.507 e. The van der Waals surface area contributed by atoms with Crippen LogP contribution in [-0.4, -0.2) is 5.11 Å². The Morgan fingerprint density at radius 2 is 2.07 bits per heavy atom. The van der Waals surface area contributed by atoms with Gasteiger partial charge in [0.1, 0.15) is 5.76 Å². The summed E-state index contributed by atoms with van der Waals surface area (Å²) >= 11 is 1.65. The van der Waals surface area contributed by atoms with Gasteiger partial charge >= 0.3 is 0 Å². The van der Waals surface area contributed by atoms with Crippen molar-refractivity contribution in [1.29, 1.82) is 0 Å². The molecule has 1 aromatic heterocycles. The Morgan fingerprint density at radius 3 is 2.71 bits per heavy atom. The first-order valence-corrected chi connectivity index (χ1v) is 5.24. The number of aliphatic hydroxyl groups is 1. The highest BCUT2D eigenvalue weighted by Crippen LogP contribution is 2.15. The topological polar surface area (TPSA) is 20.2 Å². The summed E-state index contributed by atoms with van der Waals surface area (Å²) in [6, 6.07) is 4.00. The fraction of sp³-hybridized carbons (Fsp3) is 0. The van der Waals surface area contributed by atoms with Crippen molar-refractivity contribution in [3.8, 4) is 0 Å². The Hall–Kier alpha value is -1.54. The molecule has 1 aliphatic carbocycles. The van der Waals surface area contributed by atoms with Gasteiger partial charge in [-0.2, -0.15) is 0 Å². The highest BCUT2D eigenvalue weighted by Gasteiger charge is 1.97. The van der Waals surface area contributed by atoms with E-state index in [2.05, 4.69) is 0 Å². The Bertz CT molecular complexity index is 405. The number of hydrogen-bond acceptors (Lipinski definition) is 2. The molecule has 0 bridgehead atoms. The summed E-state index contributed by atoms with van der Waals surface area (Å²) < 4.78 is 0. The minimum absolute atomic E-state index is 0.309. The quantitative estimate of drug-likeness (QED) is 0.725. The molecule has 14 heavy (non-hydrogen) atoms. The average molecular weight is 202 g/mol. The van der Waals surface area contributed by atoms with Gasteiger partial charge in [-0.15, -0.1) is 11.3 Å². The number of rotatable bonds is 2. The van der Waals surface area contributed by atoms with Crippen molar-refractivity contribution in [1.82, 2.24) is 0 Å². The molecule has 2 rings (SSSR count). The molecule has 1 aliphatic rings. The predicted octanol–water partition coefficient (Wildman–Crippen LogP) is 3.70. The summed E-state index contributed by atoms with van der Waals surface area (Å²) in [5.41, 5.74) is 0.859. The second kappa shape index (κ2) is 4.11. The Labute approximate surface area is 87.0 Å². The molecule has 0 saturated heterocycles. The van der Waals surface area contributed by atoms with Gasteiger partial charge in [0.25, 0.3) is 0 Å². The van der Waals surface area contributed by atoms with Crippen molar-refractivity contribution < 1.29 is 5.11 Å². The standard InChI is InChI=1S/C12H10OS/c13-12(10-4-1-2-5-10)8-7-11-6-3-9-14-11/h1-9,13H. The highest BCUT2D eigenvalue weighted by molar-refractivity contribution is 7.10. The molecule has 0 saturated carbocycles. The molecule has 0 fully saturated rings. The maximum atomic E-state index is 9.64. The first kappa shape index (κ1) is 9.03. The molecule has 1 N–H and O–H groups in total. The van der Waals surface area contributed by atoms with Gasteiger partial charge in [-0.25, -0.2) is 0 Å². The van der Waals surface area contributed by atoms with E-state index in [0.29, 0.717) is 5.76 Å². The van der Waals surface area contributed by atoms with Gasteiger partial charge in [0.05, 0.1) is 0 Å². The van der Waals surface area contributed by atoms with Gasteiger partial charge in [-0.05, 0) is 23.6 Å². The summed E-state index contributed by atoms with van der Waals surface area (Å²) in [5.74, 6) is 0.309. The fourth-order valence-corrected chi connectivity index (χ4v) is 1.81. The zero-order valence-corrected chi connectivity index (χ0v) is 8.37. The van der Waals surface area contributed by atoms with Gasteiger partial charge in [0, 0.05) is 10.5 Å². The first-order valence-electron chi connectivity index (χ1n) is 4.36. The van der Waals surface area contributed by atoms with Crippen molar-refractivity contribution >= 4 is 17.4 Å². The lowest BCUT2D eigenvalue weighted by atomic mass is 10.2. The van der Waals surface area contributed by atoms with E-state index in [-0.39, 0.29) is 0 Å². The molecule has 0 atom stereocenters. The Morgan fingerprint density at radius 1 is 1.29 bits per heavy atom. The van der Waals surface area contributed by atoms with Gasteiger partial charge in [0.2, 0.25) is 0 Å². The van der Waals surface area contributed by atoms with E-state index in [1.807, 2.05) is 47.9 Å². The van der Waals surface area contributed by atoms with Crippen molar-refractivity contribution in [2.75, 3.05) is 0 Å². The van der Waals surface area contributed by atoms with E-state index in [1.54, 1.807) is 17.4 Å². The first-order chi connectivity index (χ1) is 6.86. The van der Waals surface area contributed by atoms with Crippen LogP contribution in [0.3, 0.4) is 0 Å². The number of allylic oxidation sites excluding steroid dienone is 6. The number of hydrogen-bond donors (Lipinski definition) is 1. The molecule has 0 unspecified atom stereocenters. The van der Waals surface area contributed by atoms with E-state index in [4.69, 9.17) is 0 Å². The lowest BCUT2D eigenvalue weighted by Gasteiger charge is -1.93. The smallest absolute Gasteiger partial charge is 0.122 e. The predicted molar refractivity (Wildman–Crippen MR) is 61.3 cm³/mol. The number of aliphatic hydroxyl groups excluding tert-OH is 1. The SMILES string of the molecule is OC(C=Cc1cccs1)=C1C=CC=C1. The second-order valence-corrected chi connectivity index (χ2v) is 3.89. The third kappa shape index (κ3) is 2.03. The third-order valence-corrected chi connectivity index (χ3v) is 2.74. The van der Waals surface area contributed by atoms with Crippen LogP contribution in [0.2, 0.25) is 0 Å². The van der Waals surface area contributed by atoms with Crippen LogP contribution in [0.25, 0.3) is 6.08 Å². The molecule has 0 spiro atoms. The highest BCUT2D eigenvalue weighted by atomic mass is 32.1. The third-order valence-electron chi connectivity index (χ3n) is 1.91. The van der Waals surface area contributed by atoms with Gasteiger partial charge < -0.3 is 5.11 Å². The molecular formula is C12H10OS. The van der Waals surface area contributed by atoms with Crippen LogP contribution in [0.1, 0.15) is 4.88 Å². The molecule has 0 radical (unpaired) electrons. The van der Waals surface area contributed by atoms with E-state index >= 15 is 0 Å². The van der Waals surface area contributed by atoms with Gasteiger partial charge in [0.15, 0.2) is 0 Å². The summed E-state index contributed by atoms with van der Waals surface area (Å²) in [7, 11) is 0. The van der Waals surface area contributed by atoms with Crippen molar-refractivity contribution in [3.63, 3.8) is 0 Å². The van der Waals surface area contributed by atoms with E-state index < -0.39 is 0 Å². The normalized spacial score (nSPS) is 14.4. The fourth-order valence-electron chi connectivity index (χ4n) is 1.19. The summed E-state index contributed by atoms with van der Waals surface area (Å²) in [5, 5.41) is 11.7. The van der Waals surface area contributed by atoms with Gasteiger partial charge in [-0.3, -0.25) is 0 Å². The van der Waals surface area contributed by atoms with Crippen LogP contribution in [0.4, 0.5) is 0 Å². The van der Waals surface area contributed by atoms with Crippen LogP contribution in [-0.2, 0) is 0 Å². The summed E-state index contributed by atoms with van der Waals surface area (Å²) in [6.45, 7) is 0. The average Bonchev–Trinajstić information content (AvgIpc) is 2.87. The summed E-state index contributed by atoms with van der Waals surface area (Å²) in [4.78, 5) is 1.14. The molecule has 1 heterocycles. The lowest BCUT2D eigenvalue weighted by molar-refractivity contribution is 0.430. The molecule has 0 aromatic carbocycles. The lowest BCUT2D eigenvalue weighted by Crippen LogP contribution is -1.78. The van der Waals surface area contributed by atoms with E-state index in [0.717, 1.165) is 10.5 Å². The minimum Gasteiger partial charge on any atom is -0.507 e. The van der Waals surface area contributed by atoms with Crippen molar-refractivity contribution in [3.05, 3.63) is 64.1 Å². The molecular weight excluding hydrogens is 192 g/mol. The van der Waals surface area contributed by atoms with Crippen LogP contribution < -0.4 is 0 Å². The minimum atomic E-state index is 0.309. The van der Waals surface area contributed by atoms with Crippen molar-refractivity contribution in [2.45, 2.75) is 0 Å². The zero-order valence-electron chi connectivity index (χ0n) is 7.55. The maximum Gasteiger partial charge on any atom is 0.122 e. The Balaban J connectivity index is 2.15. The monoisotopic (exact) mass is 202 g/mol. The molecule has 70 valence electrons. The second-order valence-electron chi connectivity index (χ2n) is 2.91. The molecule has 1 nitrogen and oxygen atoms in total. The number of thiophene rings is 1. The van der Waals surface area contributed by atoms with Gasteiger partial charge in [-0.1, -0.05) is 30.4 Å². The molecule has 1 aromatic rings. The van der Waals surface area contributed by atoms with Crippen LogP contribution in [0.5, 0.6) is 0 Å². The van der Waals surface area contributed by atoms with Crippen LogP contribution >= 0.6 is 11.3 Å².